The van der Waals surface area contributed by atoms with Crippen LogP contribution in [0.4, 0.5) is 10.1 Å². The molecule has 0 aliphatic carbocycles. The van der Waals surface area contributed by atoms with Crippen LogP contribution in [0, 0.1) is 18.7 Å². The van der Waals surface area contributed by atoms with Gasteiger partial charge in [0.25, 0.3) is 5.91 Å². The topological polar surface area (TPSA) is 93.1 Å². The lowest BCUT2D eigenvalue weighted by molar-refractivity contribution is -0.125. The van der Waals surface area contributed by atoms with Crippen molar-refractivity contribution in [1.82, 2.24) is 15.1 Å². The van der Waals surface area contributed by atoms with Crippen LogP contribution in [-0.4, -0.2) is 27.5 Å². The monoisotopic (exact) mass is 406 g/mol. The summed E-state index contributed by atoms with van der Waals surface area (Å²) in [5, 5.41) is 9.24. The summed E-state index contributed by atoms with van der Waals surface area (Å²) in [5.41, 5.74) is 2.60. The Labute approximate surface area is 171 Å². The third-order valence-corrected chi connectivity index (χ3v) is 5.09. The number of anilines is 1. The van der Waals surface area contributed by atoms with Crippen LogP contribution >= 0.6 is 0 Å². The van der Waals surface area contributed by atoms with Crippen molar-refractivity contribution in [2.75, 3.05) is 5.32 Å². The first-order valence-corrected chi connectivity index (χ1v) is 9.46. The summed E-state index contributed by atoms with van der Waals surface area (Å²) in [6.07, 6.45) is 2.06. The molecule has 3 aromatic rings. The normalized spacial score (nSPS) is 15.9. The number of hydrogen-bond donors (Lipinski definition) is 2. The molecule has 3 amide bonds. The van der Waals surface area contributed by atoms with E-state index in [1.54, 1.807) is 49.4 Å². The number of aromatic nitrogens is 2. The van der Waals surface area contributed by atoms with E-state index in [0.717, 1.165) is 5.56 Å². The zero-order valence-corrected chi connectivity index (χ0v) is 16.2. The quantitative estimate of drug-likeness (QED) is 0.637. The average molecular weight is 406 g/mol. The van der Waals surface area contributed by atoms with Gasteiger partial charge in [0.15, 0.2) is 0 Å². The molecule has 1 aliphatic rings. The molecule has 8 heteroatoms. The van der Waals surface area contributed by atoms with E-state index in [1.165, 1.54) is 16.9 Å². The zero-order valence-electron chi connectivity index (χ0n) is 16.2. The first kappa shape index (κ1) is 19.5. The molecule has 1 fully saturated rings. The molecule has 1 aromatic heterocycles. The van der Waals surface area contributed by atoms with Gasteiger partial charge < -0.3 is 5.32 Å². The number of nitrogens with one attached hydrogen (secondary N) is 2. The smallest absolute Gasteiger partial charge is 0.259 e. The lowest BCUT2D eigenvalue weighted by atomic mass is 9.98. The summed E-state index contributed by atoms with van der Waals surface area (Å²) < 4.78 is 15.4. The second kappa shape index (κ2) is 7.90. The maximum Gasteiger partial charge on any atom is 0.259 e. The molecular weight excluding hydrogens is 387 g/mol. The highest BCUT2D eigenvalue weighted by Gasteiger charge is 2.30. The number of rotatable bonds is 5. The second-order valence-electron chi connectivity index (χ2n) is 7.18. The number of carbonyl (C=O) groups is 3. The standard InChI is InChI=1S/C22H19FN4O3/c1-13-17(12-24-27(13)19-5-3-2-4-18(19)23)22(30)25-16-8-6-14(7-9-16)10-15-11-20(28)26-21(15)29/h2-9,12,15H,10-11H2,1H3,(H,25,30)(H,26,28,29). The number of para-hydroxylation sites is 1. The Morgan fingerprint density at radius 2 is 1.93 bits per heavy atom. The van der Waals surface area contributed by atoms with Crippen LogP contribution in [0.25, 0.3) is 5.69 Å². The highest BCUT2D eigenvalue weighted by atomic mass is 19.1. The van der Waals surface area contributed by atoms with Gasteiger partial charge in [-0.25, -0.2) is 9.07 Å². The zero-order chi connectivity index (χ0) is 21.3. The molecule has 0 bridgehead atoms. The number of benzene rings is 2. The minimum Gasteiger partial charge on any atom is -0.322 e. The lowest BCUT2D eigenvalue weighted by Crippen LogP contribution is -2.22. The van der Waals surface area contributed by atoms with Gasteiger partial charge in [0.05, 0.1) is 23.4 Å². The maximum atomic E-state index is 14.0. The van der Waals surface area contributed by atoms with E-state index in [4.69, 9.17) is 0 Å². The van der Waals surface area contributed by atoms with Crippen molar-refractivity contribution < 1.29 is 18.8 Å². The van der Waals surface area contributed by atoms with Gasteiger partial charge in [0.2, 0.25) is 11.8 Å². The number of nitrogens with zero attached hydrogens (tertiary/aromatic N) is 2. The van der Waals surface area contributed by atoms with Crippen LogP contribution < -0.4 is 10.6 Å². The first-order valence-electron chi connectivity index (χ1n) is 9.46. The molecule has 30 heavy (non-hydrogen) atoms. The molecule has 2 N–H and O–H groups in total. The van der Waals surface area contributed by atoms with E-state index in [9.17, 15) is 18.8 Å². The molecule has 1 saturated heterocycles. The molecule has 0 spiro atoms. The fourth-order valence-electron chi connectivity index (χ4n) is 3.48. The summed E-state index contributed by atoms with van der Waals surface area (Å²) in [6, 6.07) is 13.3. The fraction of sp³-hybridized carbons (Fsp3) is 0.182. The highest BCUT2D eigenvalue weighted by molar-refractivity contribution is 6.05. The molecule has 2 aromatic carbocycles. The predicted octanol–water partition coefficient (Wildman–Crippen LogP) is 2.78. The van der Waals surface area contributed by atoms with Crippen molar-refractivity contribution in [3.8, 4) is 5.69 Å². The van der Waals surface area contributed by atoms with E-state index < -0.39 is 5.82 Å². The molecule has 152 valence electrons. The van der Waals surface area contributed by atoms with Crippen LogP contribution in [0.2, 0.25) is 0 Å². The van der Waals surface area contributed by atoms with Crippen molar-refractivity contribution in [3.63, 3.8) is 0 Å². The van der Waals surface area contributed by atoms with Crippen LogP contribution in [0.3, 0.4) is 0 Å². The Morgan fingerprint density at radius 3 is 2.60 bits per heavy atom. The van der Waals surface area contributed by atoms with Gasteiger partial charge in [-0.05, 0) is 43.2 Å². The van der Waals surface area contributed by atoms with Crippen LogP contribution in [-0.2, 0) is 16.0 Å². The maximum absolute atomic E-state index is 14.0. The van der Waals surface area contributed by atoms with Crippen molar-refractivity contribution in [3.05, 3.63) is 77.4 Å². The first-order chi connectivity index (χ1) is 14.4. The number of carbonyl (C=O) groups excluding carboxylic acids is 3. The van der Waals surface area contributed by atoms with E-state index in [-0.39, 0.29) is 35.7 Å². The Kier molecular flexibility index (Phi) is 5.14. The Bertz CT molecular complexity index is 1140. The van der Waals surface area contributed by atoms with Crippen molar-refractivity contribution in [2.45, 2.75) is 19.8 Å². The number of imide groups is 1. The molecule has 1 aliphatic heterocycles. The second-order valence-corrected chi connectivity index (χ2v) is 7.18. The van der Waals surface area contributed by atoms with Gasteiger partial charge in [-0.3, -0.25) is 19.7 Å². The fourth-order valence-corrected chi connectivity index (χ4v) is 3.48. The summed E-state index contributed by atoms with van der Waals surface area (Å²) in [5.74, 6) is -1.64. The minimum absolute atomic E-state index is 0.197. The van der Waals surface area contributed by atoms with Crippen molar-refractivity contribution >= 4 is 23.4 Å². The molecule has 0 saturated carbocycles. The van der Waals surface area contributed by atoms with Gasteiger partial charge in [0, 0.05) is 12.1 Å². The Hall–Kier alpha value is -3.81. The molecule has 1 atom stereocenters. The van der Waals surface area contributed by atoms with E-state index in [2.05, 4.69) is 15.7 Å². The largest absolute Gasteiger partial charge is 0.322 e. The van der Waals surface area contributed by atoms with Gasteiger partial charge in [-0.2, -0.15) is 5.10 Å². The molecule has 4 rings (SSSR count). The van der Waals surface area contributed by atoms with E-state index in [1.807, 2.05) is 0 Å². The predicted molar refractivity (Wildman–Crippen MR) is 108 cm³/mol. The van der Waals surface area contributed by atoms with Gasteiger partial charge >= 0.3 is 0 Å². The highest BCUT2D eigenvalue weighted by Crippen LogP contribution is 2.21. The summed E-state index contributed by atoms with van der Waals surface area (Å²) in [4.78, 5) is 35.6. The summed E-state index contributed by atoms with van der Waals surface area (Å²) >= 11 is 0. The molecule has 0 radical (unpaired) electrons. The number of halogens is 1. The minimum atomic E-state index is -0.427. The number of hydrogen-bond acceptors (Lipinski definition) is 4. The molecule has 1 unspecified atom stereocenters. The third kappa shape index (κ3) is 3.84. The lowest BCUT2D eigenvalue weighted by Gasteiger charge is -2.09. The van der Waals surface area contributed by atoms with Gasteiger partial charge in [-0.1, -0.05) is 24.3 Å². The summed E-state index contributed by atoms with van der Waals surface area (Å²) in [7, 11) is 0. The van der Waals surface area contributed by atoms with Crippen molar-refractivity contribution in [1.29, 1.82) is 0 Å². The SMILES string of the molecule is Cc1c(C(=O)Nc2ccc(CC3CC(=O)NC3=O)cc2)cnn1-c1ccccc1F. The third-order valence-electron chi connectivity index (χ3n) is 5.09. The van der Waals surface area contributed by atoms with E-state index >= 15 is 0 Å². The Balaban J connectivity index is 1.45. The van der Waals surface area contributed by atoms with Crippen LogP contribution in [0.15, 0.2) is 54.7 Å². The van der Waals surface area contributed by atoms with Gasteiger partial charge in [0.1, 0.15) is 11.5 Å². The summed E-state index contributed by atoms with van der Waals surface area (Å²) in [6.45, 7) is 1.70. The molecule has 2 heterocycles. The van der Waals surface area contributed by atoms with Crippen LogP contribution in [0.5, 0.6) is 0 Å². The van der Waals surface area contributed by atoms with Crippen molar-refractivity contribution in [2.24, 2.45) is 5.92 Å². The molecule has 7 nitrogen and oxygen atoms in total. The van der Waals surface area contributed by atoms with Crippen LogP contribution in [0.1, 0.15) is 28.0 Å². The van der Waals surface area contributed by atoms with Gasteiger partial charge in [-0.15, -0.1) is 0 Å². The molecular formula is C22H19FN4O3. The number of amides is 3. The van der Waals surface area contributed by atoms with E-state index in [0.29, 0.717) is 23.4 Å². The average Bonchev–Trinajstić information content (AvgIpc) is 3.25. The Morgan fingerprint density at radius 1 is 1.20 bits per heavy atom.